The van der Waals surface area contributed by atoms with Crippen molar-refractivity contribution in [2.45, 2.75) is 44.7 Å². The summed E-state index contributed by atoms with van der Waals surface area (Å²) in [5.41, 5.74) is 2.22. The Kier molecular flexibility index (Phi) is 12.1. The predicted octanol–water partition coefficient (Wildman–Crippen LogP) is 7.56. The molecule has 7 nitrogen and oxygen atoms in total. The molecular formula is C35H36Cl3N3O4S. The topological polar surface area (TPSA) is 86.8 Å². The molecule has 0 aromatic heterocycles. The predicted molar refractivity (Wildman–Crippen MR) is 186 cm³/mol. The second kappa shape index (κ2) is 15.8. The highest BCUT2D eigenvalue weighted by Gasteiger charge is 2.35. The lowest BCUT2D eigenvalue weighted by molar-refractivity contribution is -0.140. The summed E-state index contributed by atoms with van der Waals surface area (Å²) >= 11 is 19.1. The van der Waals surface area contributed by atoms with Crippen LogP contribution in [0.15, 0.2) is 102 Å². The Labute approximate surface area is 286 Å². The van der Waals surface area contributed by atoms with Gasteiger partial charge in [0.2, 0.25) is 11.8 Å². The van der Waals surface area contributed by atoms with Crippen molar-refractivity contribution in [2.75, 3.05) is 17.4 Å². The lowest BCUT2D eigenvalue weighted by atomic mass is 10.0. The number of amides is 2. The Bertz CT molecular complexity index is 1770. The van der Waals surface area contributed by atoms with Crippen LogP contribution in [-0.4, -0.2) is 44.3 Å². The molecule has 0 aliphatic heterocycles. The number of nitrogens with one attached hydrogen (secondary N) is 1. The molecule has 0 aliphatic rings. The number of anilines is 1. The van der Waals surface area contributed by atoms with E-state index in [1.54, 1.807) is 55.5 Å². The highest BCUT2D eigenvalue weighted by Crippen LogP contribution is 2.31. The van der Waals surface area contributed by atoms with Gasteiger partial charge in [0.05, 0.1) is 10.6 Å². The van der Waals surface area contributed by atoms with Crippen LogP contribution >= 0.6 is 34.8 Å². The van der Waals surface area contributed by atoms with Gasteiger partial charge < -0.3 is 10.2 Å². The molecular weight excluding hydrogens is 665 g/mol. The van der Waals surface area contributed by atoms with Crippen LogP contribution in [0, 0.1) is 12.8 Å². The van der Waals surface area contributed by atoms with E-state index < -0.39 is 28.5 Å². The average molecular weight is 701 g/mol. The summed E-state index contributed by atoms with van der Waals surface area (Å²) in [5, 5.41) is 4.00. The third kappa shape index (κ3) is 9.04. The van der Waals surface area contributed by atoms with Crippen molar-refractivity contribution in [3.8, 4) is 0 Å². The Balaban J connectivity index is 1.84. The number of nitrogens with zero attached hydrogens (tertiary/aromatic N) is 2. The third-order valence-electron chi connectivity index (χ3n) is 7.36. The van der Waals surface area contributed by atoms with Crippen molar-refractivity contribution in [3.63, 3.8) is 0 Å². The number of sulfonamides is 1. The van der Waals surface area contributed by atoms with Gasteiger partial charge in [-0.05, 0) is 65.9 Å². The van der Waals surface area contributed by atoms with Crippen LogP contribution in [0.2, 0.25) is 15.1 Å². The molecule has 0 heterocycles. The number of halogens is 3. The molecule has 2 amide bonds. The summed E-state index contributed by atoms with van der Waals surface area (Å²) in [6.07, 6.45) is 0.184. The Morgan fingerprint density at radius 3 is 2.07 bits per heavy atom. The van der Waals surface area contributed by atoms with Gasteiger partial charge in [0.15, 0.2) is 0 Å². The number of benzene rings is 4. The highest BCUT2D eigenvalue weighted by atomic mass is 35.5. The molecule has 1 unspecified atom stereocenters. The van der Waals surface area contributed by atoms with E-state index in [1.807, 2.05) is 44.2 Å². The third-order valence-corrected chi connectivity index (χ3v) is 9.96. The summed E-state index contributed by atoms with van der Waals surface area (Å²) in [6.45, 7) is 5.41. The van der Waals surface area contributed by atoms with Gasteiger partial charge in [0, 0.05) is 34.6 Å². The van der Waals surface area contributed by atoms with Crippen molar-refractivity contribution in [3.05, 3.63) is 129 Å². The van der Waals surface area contributed by atoms with Crippen LogP contribution in [0.1, 0.15) is 30.5 Å². The van der Waals surface area contributed by atoms with Crippen LogP contribution in [0.3, 0.4) is 0 Å². The first kappa shape index (κ1) is 35.3. The lowest BCUT2D eigenvalue weighted by Gasteiger charge is -2.34. The molecule has 46 heavy (non-hydrogen) atoms. The maximum atomic E-state index is 14.6. The fraction of sp³-hybridized carbons (Fsp3) is 0.257. The number of hydrogen-bond donors (Lipinski definition) is 1. The molecule has 4 aromatic rings. The first-order chi connectivity index (χ1) is 21.9. The molecule has 4 rings (SSSR count). The zero-order valence-corrected chi connectivity index (χ0v) is 28.9. The molecule has 4 aromatic carbocycles. The average Bonchev–Trinajstić information content (AvgIpc) is 3.03. The maximum Gasteiger partial charge on any atom is 0.264 e. The van der Waals surface area contributed by atoms with Crippen molar-refractivity contribution in [1.82, 2.24) is 10.2 Å². The molecule has 0 spiro atoms. The molecule has 0 saturated carbocycles. The van der Waals surface area contributed by atoms with Gasteiger partial charge >= 0.3 is 0 Å². The molecule has 0 bridgehead atoms. The molecule has 1 N–H and O–H groups in total. The van der Waals surface area contributed by atoms with Crippen LogP contribution in [0.4, 0.5) is 5.69 Å². The Morgan fingerprint density at radius 2 is 1.43 bits per heavy atom. The molecule has 1 atom stereocenters. The molecule has 0 radical (unpaired) electrons. The second-order valence-corrected chi connectivity index (χ2v) is 14.5. The molecule has 11 heteroatoms. The van der Waals surface area contributed by atoms with E-state index in [2.05, 4.69) is 5.32 Å². The molecule has 0 saturated heterocycles. The summed E-state index contributed by atoms with van der Waals surface area (Å²) in [4.78, 5) is 29.9. The standard InChI is InChI=1S/C35H36Cl3N3O4S/c1-24(2)21-39-35(43)33(18-26-10-6-4-7-11-26)40(22-27-15-17-28(36)19-31(27)38)34(42)23-41(32-20-29(37)16-14-25(32)3)46(44,45)30-12-8-5-9-13-30/h4-17,19-20,24,33H,18,21-23H2,1-3H3,(H,39,43). The van der Waals surface area contributed by atoms with Gasteiger partial charge in [-0.3, -0.25) is 13.9 Å². The van der Waals surface area contributed by atoms with Crippen LogP contribution in [-0.2, 0) is 32.6 Å². The smallest absolute Gasteiger partial charge is 0.264 e. The molecule has 0 fully saturated rings. The van der Waals surface area contributed by atoms with Crippen LogP contribution in [0.25, 0.3) is 0 Å². The van der Waals surface area contributed by atoms with E-state index in [1.165, 1.54) is 23.1 Å². The Hall–Kier alpha value is -3.56. The van der Waals surface area contributed by atoms with Gasteiger partial charge in [-0.1, -0.05) is 109 Å². The minimum Gasteiger partial charge on any atom is -0.354 e. The summed E-state index contributed by atoms with van der Waals surface area (Å²) in [6, 6.07) is 26.0. The fourth-order valence-electron chi connectivity index (χ4n) is 4.89. The van der Waals surface area contributed by atoms with E-state index in [9.17, 15) is 18.0 Å². The van der Waals surface area contributed by atoms with Crippen molar-refractivity contribution in [2.24, 2.45) is 5.92 Å². The number of rotatable bonds is 13. The van der Waals surface area contributed by atoms with Gasteiger partial charge in [0.1, 0.15) is 12.6 Å². The lowest BCUT2D eigenvalue weighted by Crippen LogP contribution is -2.53. The summed E-state index contributed by atoms with van der Waals surface area (Å²) in [5.74, 6) is -0.814. The minimum atomic E-state index is -4.25. The van der Waals surface area contributed by atoms with E-state index in [0.29, 0.717) is 32.7 Å². The molecule has 242 valence electrons. The Morgan fingerprint density at radius 1 is 0.826 bits per heavy atom. The number of carbonyl (C=O) groups is 2. The normalized spacial score (nSPS) is 12.1. The zero-order chi connectivity index (χ0) is 33.4. The van der Waals surface area contributed by atoms with Crippen molar-refractivity contribution in [1.29, 1.82) is 0 Å². The van der Waals surface area contributed by atoms with Crippen LogP contribution < -0.4 is 9.62 Å². The number of hydrogen-bond acceptors (Lipinski definition) is 4. The number of carbonyl (C=O) groups excluding carboxylic acids is 2. The van der Waals surface area contributed by atoms with Gasteiger partial charge in [-0.2, -0.15) is 0 Å². The zero-order valence-electron chi connectivity index (χ0n) is 25.8. The first-order valence-corrected chi connectivity index (χ1v) is 17.3. The van der Waals surface area contributed by atoms with Crippen molar-refractivity contribution >= 4 is 62.3 Å². The number of aryl methyl sites for hydroxylation is 1. The fourth-order valence-corrected chi connectivity index (χ4v) is 7.02. The van der Waals surface area contributed by atoms with E-state index in [0.717, 1.165) is 9.87 Å². The molecule has 0 aliphatic carbocycles. The SMILES string of the molecule is Cc1ccc(Cl)cc1N(CC(=O)N(Cc1ccc(Cl)cc1Cl)C(Cc1ccccc1)C(=O)NCC(C)C)S(=O)(=O)c1ccccc1. The first-order valence-electron chi connectivity index (χ1n) is 14.8. The van der Waals surface area contributed by atoms with E-state index in [-0.39, 0.29) is 35.4 Å². The van der Waals surface area contributed by atoms with E-state index in [4.69, 9.17) is 34.8 Å². The maximum absolute atomic E-state index is 14.6. The quantitative estimate of drug-likeness (QED) is 0.156. The van der Waals surface area contributed by atoms with Crippen molar-refractivity contribution < 1.29 is 18.0 Å². The van der Waals surface area contributed by atoms with Gasteiger partial charge in [-0.25, -0.2) is 8.42 Å². The minimum absolute atomic E-state index is 0.00461. The van der Waals surface area contributed by atoms with Crippen LogP contribution in [0.5, 0.6) is 0 Å². The summed E-state index contributed by atoms with van der Waals surface area (Å²) in [7, 11) is -4.25. The summed E-state index contributed by atoms with van der Waals surface area (Å²) < 4.78 is 29.4. The largest absolute Gasteiger partial charge is 0.354 e. The highest BCUT2D eigenvalue weighted by molar-refractivity contribution is 7.92. The van der Waals surface area contributed by atoms with E-state index >= 15 is 0 Å². The van der Waals surface area contributed by atoms with Gasteiger partial charge in [0.25, 0.3) is 10.0 Å². The second-order valence-electron chi connectivity index (χ2n) is 11.4. The monoisotopic (exact) mass is 699 g/mol. The van der Waals surface area contributed by atoms with Gasteiger partial charge in [-0.15, -0.1) is 0 Å².